The number of hydrogen-bond donors (Lipinski definition) is 2. The van der Waals surface area contributed by atoms with E-state index >= 15 is 0 Å². The molecule has 0 radical (unpaired) electrons. The zero-order valence-corrected chi connectivity index (χ0v) is 10.5. The van der Waals surface area contributed by atoms with Gasteiger partial charge in [-0.2, -0.15) is 0 Å². The van der Waals surface area contributed by atoms with E-state index in [9.17, 15) is 9.59 Å². The molecule has 1 aliphatic carbocycles. The van der Waals surface area contributed by atoms with Crippen molar-refractivity contribution in [1.82, 2.24) is 5.32 Å². The highest BCUT2D eigenvalue weighted by atomic mass is 35.5. The van der Waals surface area contributed by atoms with Gasteiger partial charge in [0, 0.05) is 10.9 Å². The Labute approximate surface area is 110 Å². The first-order valence-corrected chi connectivity index (χ1v) is 6.21. The number of carbonyl (C=O) groups excluding carboxylic acids is 1. The Morgan fingerprint density at radius 2 is 1.94 bits per heavy atom. The van der Waals surface area contributed by atoms with Gasteiger partial charge in [-0.3, -0.25) is 9.59 Å². The molecule has 1 aromatic rings. The number of nitrogens with one attached hydrogen (secondary N) is 1. The van der Waals surface area contributed by atoms with Crippen LogP contribution < -0.4 is 5.32 Å². The Morgan fingerprint density at radius 1 is 1.33 bits per heavy atom. The lowest BCUT2D eigenvalue weighted by Crippen LogP contribution is -2.31. The number of carbonyl (C=O) groups is 2. The Morgan fingerprint density at radius 3 is 2.44 bits per heavy atom. The summed E-state index contributed by atoms with van der Waals surface area (Å²) in [6.07, 6.45) is 1.67. The van der Waals surface area contributed by atoms with E-state index in [1.807, 2.05) is 0 Å². The Balaban J connectivity index is 2.10. The van der Waals surface area contributed by atoms with Crippen molar-refractivity contribution >= 4 is 23.5 Å². The third-order valence-corrected chi connectivity index (χ3v) is 3.17. The van der Waals surface area contributed by atoms with Gasteiger partial charge in [-0.05, 0) is 30.5 Å². The Bertz CT molecular complexity index is 454. The fourth-order valence-electron chi connectivity index (χ4n) is 1.76. The quantitative estimate of drug-likeness (QED) is 0.861. The fourth-order valence-corrected chi connectivity index (χ4v) is 1.88. The van der Waals surface area contributed by atoms with Gasteiger partial charge >= 0.3 is 5.97 Å². The van der Waals surface area contributed by atoms with Gasteiger partial charge in [0.1, 0.15) is 0 Å². The molecular formula is C13H14ClNO3. The third kappa shape index (κ3) is 3.47. The molecule has 1 atom stereocenters. The topological polar surface area (TPSA) is 66.4 Å². The van der Waals surface area contributed by atoms with Crippen molar-refractivity contribution in [1.29, 1.82) is 0 Å². The molecule has 1 fully saturated rings. The number of aliphatic carboxylic acids is 1. The molecule has 1 amide bonds. The second kappa shape index (κ2) is 5.40. The van der Waals surface area contributed by atoms with Crippen molar-refractivity contribution in [2.24, 2.45) is 5.92 Å². The van der Waals surface area contributed by atoms with E-state index in [0.717, 1.165) is 18.4 Å². The number of halogens is 1. The van der Waals surface area contributed by atoms with Crippen molar-refractivity contribution in [3.8, 4) is 0 Å². The predicted molar refractivity (Wildman–Crippen MR) is 67.3 cm³/mol. The lowest BCUT2D eigenvalue weighted by molar-refractivity contribution is -0.137. The SMILES string of the molecule is O=C(O)C[C@@H](NC(=O)C1CC1)c1ccc(Cl)cc1. The van der Waals surface area contributed by atoms with Crippen molar-refractivity contribution in [3.05, 3.63) is 34.9 Å². The van der Waals surface area contributed by atoms with Gasteiger partial charge in [0.15, 0.2) is 0 Å². The minimum atomic E-state index is -0.939. The fraction of sp³-hybridized carbons (Fsp3) is 0.385. The smallest absolute Gasteiger partial charge is 0.305 e. The standard InChI is InChI=1S/C13H14ClNO3/c14-10-5-3-8(4-6-10)11(7-12(16)17)15-13(18)9-1-2-9/h3-6,9,11H,1-2,7H2,(H,15,18)(H,16,17)/t11-/m1/s1. The highest BCUT2D eigenvalue weighted by Crippen LogP contribution is 2.30. The molecule has 18 heavy (non-hydrogen) atoms. The van der Waals surface area contributed by atoms with Crippen LogP contribution in [-0.2, 0) is 9.59 Å². The highest BCUT2D eigenvalue weighted by molar-refractivity contribution is 6.30. The second-order valence-electron chi connectivity index (χ2n) is 4.48. The second-order valence-corrected chi connectivity index (χ2v) is 4.92. The summed E-state index contributed by atoms with van der Waals surface area (Å²) in [6, 6.07) is 6.36. The summed E-state index contributed by atoms with van der Waals surface area (Å²) >= 11 is 5.78. The molecule has 1 saturated carbocycles. The Kier molecular flexibility index (Phi) is 3.87. The first kappa shape index (κ1) is 12.9. The summed E-state index contributed by atoms with van der Waals surface area (Å²) < 4.78 is 0. The number of carboxylic acid groups (broad SMARTS) is 1. The highest BCUT2D eigenvalue weighted by Gasteiger charge is 2.31. The van der Waals surface area contributed by atoms with Crippen LogP contribution in [0, 0.1) is 5.92 Å². The third-order valence-electron chi connectivity index (χ3n) is 2.92. The monoisotopic (exact) mass is 267 g/mol. The minimum Gasteiger partial charge on any atom is -0.481 e. The first-order chi connectivity index (χ1) is 8.56. The molecule has 1 aromatic carbocycles. The van der Waals surface area contributed by atoms with E-state index in [2.05, 4.69) is 5.32 Å². The molecule has 0 bridgehead atoms. The van der Waals surface area contributed by atoms with Crippen LogP contribution in [0.5, 0.6) is 0 Å². The minimum absolute atomic E-state index is 0.0591. The molecular weight excluding hydrogens is 254 g/mol. The molecule has 2 N–H and O–H groups in total. The van der Waals surface area contributed by atoms with E-state index in [1.54, 1.807) is 24.3 Å². The lowest BCUT2D eigenvalue weighted by atomic mass is 10.0. The van der Waals surface area contributed by atoms with E-state index in [-0.39, 0.29) is 18.2 Å². The van der Waals surface area contributed by atoms with Crippen LogP contribution in [0.2, 0.25) is 5.02 Å². The zero-order valence-electron chi connectivity index (χ0n) is 9.73. The van der Waals surface area contributed by atoms with Gasteiger partial charge in [0.25, 0.3) is 0 Å². The van der Waals surface area contributed by atoms with E-state index in [0.29, 0.717) is 5.02 Å². The maximum Gasteiger partial charge on any atom is 0.305 e. The predicted octanol–water partition coefficient (Wildman–Crippen LogP) is 2.38. The van der Waals surface area contributed by atoms with Crippen molar-refractivity contribution in [2.45, 2.75) is 25.3 Å². The Hall–Kier alpha value is -1.55. The molecule has 0 heterocycles. The van der Waals surface area contributed by atoms with E-state index < -0.39 is 12.0 Å². The van der Waals surface area contributed by atoms with Gasteiger partial charge < -0.3 is 10.4 Å². The van der Waals surface area contributed by atoms with Crippen molar-refractivity contribution in [2.75, 3.05) is 0 Å². The zero-order chi connectivity index (χ0) is 13.1. The molecule has 4 nitrogen and oxygen atoms in total. The number of carboxylic acids is 1. The van der Waals surface area contributed by atoms with Gasteiger partial charge in [-0.25, -0.2) is 0 Å². The van der Waals surface area contributed by atoms with Gasteiger partial charge in [-0.15, -0.1) is 0 Å². The first-order valence-electron chi connectivity index (χ1n) is 5.84. The van der Waals surface area contributed by atoms with E-state index in [4.69, 9.17) is 16.7 Å². The largest absolute Gasteiger partial charge is 0.481 e. The summed E-state index contributed by atoms with van der Waals surface area (Å²) in [7, 11) is 0. The summed E-state index contributed by atoms with van der Waals surface area (Å²) in [6.45, 7) is 0. The number of hydrogen-bond acceptors (Lipinski definition) is 2. The normalized spacial score (nSPS) is 16.1. The van der Waals surface area contributed by atoms with Crippen LogP contribution in [0.4, 0.5) is 0 Å². The van der Waals surface area contributed by atoms with Crippen LogP contribution in [0.15, 0.2) is 24.3 Å². The van der Waals surface area contributed by atoms with E-state index in [1.165, 1.54) is 0 Å². The maximum absolute atomic E-state index is 11.7. The molecule has 0 saturated heterocycles. The van der Waals surface area contributed by atoms with Gasteiger partial charge in [0.2, 0.25) is 5.91 Å². The average molecular weight is 268 g/mol. The van der Waals surface area contributed by atoms with Gasteiger partial charge in [0.05, 0.1) is 12.5 Å². The van der Waals surface area contributed by atoms with Crippen molar-refractivity contribution in [3.63, 3.8) is 0 Å². The number of rotatable bonds is 5. The maximum atomic E-state index is 11.7. The summed E-state index contributed by atoms with van der Waals surface area (Å²) in [5.41, 5.74) is 0.760. The summed E-state index contributed by atoms with van der Waals surface area (Å²) in [5.74, 6) is -0.934. The molecule has 0 unspecified atom stereocenters. The average Bonchev–Trinajstić information content (AvgIpc) is 3.12. The molecule has 1 aliphatic rings. The van der Waals surface area contributed by atoms with Crippen molar-refractivity contribution < 1.29 is 14.7 Å². The lowest BCUT2D eigenvalue weighted by Gasteiger charge is -2.17. The summed E-state index contributed by atoms with van der Waals surface area (Å²) in [4.78, 5) is 22.5. The molecule has 0 aromatic heterocycles. The molecule has 0 spiro atoms. The van der Waals surface area contributed by atoms with Crippen LogP contribution in [0.1, 0.15) is 30.9 Å². The number of benzene rings is 1. The summed E-state index contributed by atoms with van der Waals surface area (Å²) in [5, 5.41) is 12.3. The molecule has 0 aliphatic heterocycles. The number of amides is 1. The van der Waals surface area contributed by atoms with Crippen LogP contribution in [0.25, 0.3) is 0 Å². The molecule has 2 rings (SSSR count). The molecule has 5 heteroatoms. The van der Waals surface area contributed by atoms with Crippen LogP contribution in [-0.4, -0.2) is 17.0 Å². The van der Waals surface area contributed by atoms with Gasteiger partial charge in [-0.1, -0.05) is 23.7 Å². The van der Waals surface area contributed by atoms with Crippen LogP contribution in [0.3, 0.4) is 0 Å². The van der Waals surface area contributed by atoms with Crippen LogP contribution >= 0.6 is 11.6 Å². The molecule has 96 valence electrons.